The third kappa shape index (κ3) is 4.63. The zero-order valence-electron chi connectivity index (χ0n) is 16.6. The summed E-state index contributed by atoms with van der Waals surface area (Å²) in [5, 5.41) is 0.424. The zero-order chi connectivity index (χ0) is 20.5. The summed E-state index contributed by atoms with van der Waals surface area (Å²) in [5.41, 5.74) is 0.973. The summed E-state index contributed by atoms with van der Waals surface area (Å²) in [5.74, 6) is 0.481. The Hall–Kier alpha value is -2.15. The van der Waals surface area contributed by atoms with Gasteiger partial charge in [0.1, 0.15) is 5.58 Å². The number of piperidine rings is 1. The largest absolute Gasteiger partial charge is 0.423 e. The van der Waals surface area contributed by atoms with Gasteiger partial charge in [0.15, 0.2) is 9.84 Å². The molecule has 2 aromatic rings. The minimum atomic E-state index is -3.08. The molecule has 1 aromatic carbocycles. The molecule has 0 aliphatic carbocycles. The van der Waals surface area contributed by atoms with E-state index in [0.29, 0.717) is 25.1 Å². The number of hydrogen-bond acceptors (Lipinski definition) is 5. The van der Waals surface area contributed by atoms with Crippen LogP contribution in [0.5, 0.6) is 0 Å². The number of sulfone groups is 1. The summed E-state index contributed by atoms with van der Waals surface area (Å²) in [4.78, 5) is 25.8. The fourth-order valence-electron chi connectivity index (χ4n) is 3.68. The van der Waals surface area contributed by atoms with Gasteiger partial charge in [0, 0.05) is 24.5 Å². The average Bonchev–Trinajstić information content (AvgIpc) is 2.63. The van der Waals surface area contributed by atoms with Crippen LogP contribution in [0, 0.1) is 11.8 Å². The Morgan fingerprint density at radius 2 is 2.00 bits per heavy atom. The number of nitrogens with zero attached hydrogens (tertiary/aromatic N) is 1. The van der Waals surface area contributed by atoms with Crippen molar-refractivity contribution in [2.75, 3.05) is 18.8 Å². The van der Waals surface area contributed by atoms with Gasteiger partial charge in [-0.2, -0.15) is 0 Å². The summed E-state index contributed by atoms with van der Waals surface area (Å²) in [6, 6.07) is 8.44. The van der Waals surface area contributed by atoms with Crippen LogP contribution < -0.4 is 5.63 Å². The smallest absolute Gasteiger partial charge is 0.336 e. The molecule has 1 amide bonds. The van der Waals surface area contributed by atoms with E-state index in [0.717, 1.165) is 10.9 Å². The van der Waals surface area contributed by atoms with Crippen LogP contribution in [-0.4, -0.2) is 43.3 Å². The number of carbonyl (C=O) groups excluding carboxylic acids is 1. The van der Waals surface area contributed by atoms with E-state index in [1.807, 2.05) is 17.9 Å². The first kappa shape index (κ1) is 20.6. The summed E-state index contributed by atoms with van der Waals surface area (Å²) in [7, 11) is -3.08. The van der Waals surface area contributed by atoms with Crippen molar-refractivity contribution >= 4 is 26.7 Å². The quantitative estimate of drug-likeness (QED) is 0.714. The lowest BCUT2D eigenvalue weighted by atomic mass is 9.88. The van der Waals surface area contributed by atoms with Crippen LogP contribution in [0.2, 0.25) is 0 Å². The molecule has 1 aliphatic heterocycles. The molecule has 152 valence electrons. The molecule has 1 aliphatic rings. The fraction of sp³-hybridized carbons (Fsp3) is 0.524. The Morgan fingerprint density at radius 3 is 2.68 bits per heavy atom. The van der Waals surface area contributed by atoms with E-state index in [4.69, 9.17) is 4.42 Å². The molecule has 7 heteroatoms. The highest BCUT2D eigenvalue weighted by atomic mass is 32.2. The molecule has 0 saturated carbocycles. The van der Waals surface area contributed by atoms with E-state index in [-0.39, 0.29) is 35.2 Å². The molecule has 2 unspecified atom stereocenters. The van der Waals surface area contributed by atoms with E-state index in [2.05, 4.69) is 0 Å². The molecular weight excluding hydrogens is 378 g/mol. The zero-order valence-corrected chi connectivity index (χ0v) is 17.4. The van der Waals surface area contributed by atoms with Crippen LogP contribution in [0.3, 0.4) is 0 Å². The molecule has 1 aromatic heterocycles. The first-order valence-corrected chi connectivity index (χ1v) is 11.4. The summed E-state index contributed by atoms with van der Waals surface area (Å²) in [6.45, 7) is 6.63. The predicted molar refractivity (Wildman–Crippen MR) is 109 cm³/mol. The lowest BCUT2D eigenvalue weighted by molar-refractivity contribution is -0.132. The maximum Gasteiger partial charge on any atom is 0.336 e. The van der Waals surface area contributed by atoms with Crippen molar-refractivity contribution in [3.05, 3.63) is 46.3 Å². The normalized spacial score (nSPS) is 20.6. The molecule has 1 fully saturated rings. The van der Waals surface area contributed by atoms with Gasteiger partial charge in [-0.3, -0.25) is 4.79 Å². The molecule has 28 heavy (non-hydrogen) atoms. The molecule has 2 atom stereocenters. The van der Waals surface area contributed by atoms with Crippen molar-refractivity contribution < 1.29 is 17.6 Å². The summed E-state index contributed by atoms with van der Waals surface area (Å²) in [6.07, 6.45) is 0.985. The second-order valence-corrected chi connectivity index (χ2v) is 10.6. The van der Waals surface area contributed by atoms with Crippen LogP contribution in [0.4, 0.5) is 0 Å². The Balaban J connectivity index is 1.63. The van der Waals surface area contributed by atoms with Crippen molar-refractivity contribution in [2.24, 2.45) is 11.8 Å². The van der Waals surface area contributed by atoms with Gasteiger partial charge in [-0.15, -0.1) is 0 Å². The number of amides is 1. The second kappa shape index (κ2) is 8.07. The van der Waals surface area contributed by atoms with E-state index in [1.54, 1.807) is 32.0 Å². The number of carbonyl (C=O) groups is 1. The molecule has 3 rings (SSSR count). The van der Waals surface area contributed by atoms with Gasteiger partial charge in [0.05, 0.1) is 17.4 Å². The van der Waals surface area contributed by atoms with Gasteiger partial charge in [0.2, 0.25) is 5.91 Å². The highest BCUT2D eigenvalue weighted by molar-refractivity contribution is 7.91. The van der Waals surface area contributed by atoms with Gasteiger partial charge in [-0.05, 0) is 55.9 Å². The van der Waals surface area contributed by atoms with Crippen molar-refractivity contribution in [3.8, 4) is 0 Å². The minimum Gasteiger partial charge on any atom is -0.423 e. The second-order valence-electron chi connectivity index (χ2n) is 8.05. The topological polar surface area (TPSA) is 84.7 Å². The molecule has 6 nitrogen and oxygen atoms in total. The van der Waals surface area contributed by atoms with Crippen LogP contribution in [0.15, 0.2) is 39.5 Å². The standard InChI is InChI=1S/C21H27NO5S/c1-14(2)28(25,26)13-18-8-9-22(12-15(18)3)20(23)11-16-4-6-19-17(10-16)5-7-21(24)27-19/h4-7,10,14-15,18H,8-9,11-13H2,1-3H3. The monoisotopic (exact) mass is 405 g/mol. The Bertz CT molecular complexity index is 1020. The molecule has 1 saturated heterocycles. The van der Waals surface area contributed by atoms with Crippen LogP contribution in [0.1, 0.15) is 32.8 Å². The number of hydrogen-bond donors (Lipinski definition) is 0. The van der Waals surface area contributed by atoms with E-state index in [9.17, 15) is 18.0 Å². The number of fused-ring (bicyclic) bond motifs is 1. The van der Waals surface area contributed by atoms with Crippen LogP contribution in [0.25, 0.3) is 11.0 Å². The highest BCUT2D eigenvalue weighted by Gasteiger charge is 2.32. The van der Waals surface area contributed by atoms with Crippen molar-refractivity contribution in [2.45, 2.75) is 38.9 Å². The lowest BCUT2D eigenvalue weighted by Gasteiger charge is -2.37. The SMILES string of the molecule is CC1CN(C(=O)Cc2ccc3oc(=O)ccc3c2)CCC1CS(=O)(=O)C(C)C. The Labute approximate surface area is 165 Å². The predicted octanol–water partition coefficient (Wildman–Crippen LogP) is 2.64. The van der Waals surface area contributed by atoms with Crippen LogP contribution >= 0.6 is 0 Å². The van der Waals surface area contributed by atoms with Gasteiger partial charge in [0.25, 0.3) is 0 Å². The van der Waals surface area contributed by atoms with Crippen LogP contribution in [-0.2, 0) is 21.1 Å². The van der Waals surface area contributed by atoms with Gasteiger partial charge in [-0.25, -0.2) is 13.2 Å². The molecule has 0 N–H and O–H groups in total. The number of likely N-dealkylation sites (tertiary alicyclic amines) is 1. The van der Waals surface area contributed by atoms with E-state index in [1.165, 1.54) is 6.07 Å². The minimum absolute atomic E-state index is 0.0359. The number of rotatable bonds is 5. The first-order chi connectivity index (χ1) is 13.2. The third-order valence-corrected chi connectivity index (χ3v) is 7.97. The van der Waals surface area contributed by atoms with Gasteiger partial charge < -0.3 is 9.32 Å². The lowest BCUT2D eigenvalue weighted by Crippen LogP contribution is -2.45. The van der Waals surface area contributed by atoms with Gasteiger partial charge in [-0.1, -0.05) is 13.0 Å². The van der Waals surface area contributed by atoms with Crippen molar-refractivity contribution in [1.29, 1.82) is 0 Å². The highest BCUT2D eigenvalue weighted by Crippen LogP contribution is 2.26. The van der Waals surface area contributed by atoms with E-state index < -0.39 is 15.5 Å². The Kier molecular flexibility index (Phi) is 5.93. The summed E-state index contributed by atoms with van der Waals surface area (Å²) >= 11 is 0. The average molecular weight is 406 g/mol. The fourth-order valence-corrected chi connectivity index (χ4v) is 5.15. The molecule has 0 spiro atoms. The maximum absolute atomic E-state index is 12.7. The molecule has 2 heterocycles. The van der Waals surface area contributed by atoms with Crippen molar-refractivity contribution in [1.82, 2.24) is 4.90 Å². The van der Waals surface area contributed by atoms with Crippen molar-refractivity contribution in [3.63, 3.8) is 0 Å². The van der Waals surface area contributed by atoms with E-state index >= 15 is 0 Å². The summed E-state index contributed by atoms with van der Waals surface area (Å²) < 4.78 is 29.6. The number of benzene rings is 1. The maximum atomic E-state index is 12.7. The first-order valence-electron chi connectivity index (χ1n) is 9.68. The molecular formula is C21H27NO5S. The third-order valence-electron chi connectivity index (χ3n) is 5.64. The Morgan fingerprint density at radius 1 is 1.25 bits per heavy atom. The van der Waals surface area contributed by atoms with Gasteiger partial charge >= 0.3 is 5.63 Å². The molecule has 0 bridgehead atoms. The molecule has 0 radical (unpaired) electrons.